The summed E-state index contributed by atoms with van der Waals surface area (Å²) in [6.07, 6.45) is -5.66. The van der Waals surface area contributed by atoms with Crippen molar-refractivity contribution in [1.82, 2.24) is 0 Å². The number of nitrogens with zero attached hydrogens (tertiary/aromatic N) is 2. The van der Waals surface area contributed by atoms with Gasteiger partial charge in [0.15, 0.2) is 0 Å². The normalized spacial score (nSPS) is 12.1. The Bertz CT molecular complexity index is 369. The standard InChI is InChI=1S/C9H7F3N2O2/c1-6(7(5-13)14-2)8(15)16-4-3-9(10,11)12/h3-4H2,1H3/b7-6+. The zero-order valence-electron chi connectivity index (χ0n) is 8.26. The molecule has 0 rings (SSSR count). The molecule has 0 aliphatic carbocycles. The van der Waals surface area contributed by atoms with Gasteiger partial charge in [0.25, 0.3) is 5.70 Å². The number of esters is 1. The molecule has 0 aromatic carbocycles. The second-order valence-electron chi connectivity index (χ2n) is 2.70. The number of ether oxygens (including phenoxy) is 1. The highest BCUT2D eigenvalue weighted by atomic mass is 19.4. The Morgan fingerprint density at radius 1 is 1.56 bits per heavy atom. The molecule has 7 heteroatoms. The first-order valence-corrected chi connectivity index (χ1v) is 4.04. The van der Waals surface area contributed by atoms with Crippen LogP contribution >= 0.6 is 0 Å². The Kier molecular flexibility index (Phi) is 5.03. The van der Waals surface area contributed by atoms with Crippen molar-refractivity contribution in [3.05, 3.63) is 22.7 Å². The summed E-state index contributed by atoms with van der Waals surface area (Å²) in [5, 5.41) is 8.39. The molecule has 0 heterocycles. The zero-order chi connectivity index (χ0) is 12.8. The third-order valence-electron chi connectivity index (χ3n) is 1.50. The molecule has 0 aromatic rings. The van der Waals surface area contributed by atoms with Gasteiger partial charge < -0.3 is 4.74 Å². The molecule has 0 spiro atoms. The van der Waals surface area contributed by atoms with Crippen LogP contribution in [0.15, 0.2) is 11.3 Å². The number of halogens is 3. The molecule has 86 valence electrons. The molecule has 0 atom stereocenters. The molecule has 0 aliphatic heterocycles. The van der Waals surface area contributed by atoms with E-state index in [1.165, 1.54) is 6.07 Å². The molecule has 0 amide bonds. The van der Waals surface area contributed by atoms with Crippen LogP contribution in [0, 0.1) is 17.9 Å². The maximum Gasteiger partial charge on any atom is 0.392 e. The summed E-state index contributed by atoms with van der Waals surface area (Å²) in [5.74, 6) is -1.09. The summed E-state index contributed by atoms with van der Waals surface area (Å²) < 4.78 is 39.3. The summed E-state index contributed by atoms with van der Waals surface area (Å²) in [5.41, 5.74) is -0.781. The lowest BCUT2D eigenvalue weighted by atomic mass is 10.2. The van der Waals surface area contributed by atoms with E-state index in [0.29, 0.717) is 0 Å². The number of nitriles is 1. The lowest BCUT2D eigenvalue weighted by molar-refractivity contribution is -0.156. The largest absolute Gasteiger partial charge is 0.463 e. The third-order valence-corrected chi connectivity index (χ3v) is 1.50. The van der Waals surface area contributed by atoms with Crippen LogP contribution in [-0.2, 0) is 9.53 Å². The van der Waals surface area contributed by atoms with E-state index >= 15 is 0 Å². The molecule has 4 nitrogen and oxygen atoms in total. The van der Waals surface area contributed by atoms with Crippen molar-refractivity contribution in [2.24, 2.45) is 0 Å². The molecule has 0 unspecified atom stereocenters. The molecule has 0 fully saturated rings. The highest BCUT2D eigenvalue weighted by Gasteiger charge is 2.27. The van der Waals surface area contributed by atoms with E-state index in [0.717, 1.165) is 6.92 Å². The van der Waals surface area contributed by atoms with Crippen molar-refractivity contribution >= 4 is 5.97 Å². The fraction of sp³-hybridized carbons (Fsp3) is 0.444. The van der Waals surface area contributed by atoms with E-state index in [2.05, 4.69) is 9.58 Å². The number of rotatable bonds is 3. The van der Waals surface area contributed by atoms with Crippen molar-refractivity contribution in [1.29, 1.82) is 5.26 Å². The Hall–Kier alpha value is -2.02. The van der Waals surface area contributed by atoms with Gasteiger partial charge in [0.05, 0.1) is 24.6 Å². The fourth-order valence-corrected chi connectivity index (χ4v) is 0.657. The maximum absolute atomic E-state index is 11.7. The summed E-state index contributed by atoms with van der Waals surface area (Å²) in [6, 6.07) is 1.44. The van der Waals surface area contributed by atoms with Crippen molar-refractivity contribution < 1.29 is 22.7 Å². The second-order valence-corrected chi connectivity index (χ2v) is 2.70. The Balaban J connectivity index is 4.36. The summed E-state index contributed by atoms with van der Waals surface area (Å²) in [6.45, 7) is 6.84. The average Bonchev–Trinajstić information content (AvgIpc) is 2.17. The van der Waals surface area contributed by atoms with E-state index < -0.39 is 30.9 Å². The molecule has 0 saturated carbocycles. The molecule has 0 saturated heterocycles. The van der Waals surface area contributed by atoms with Gasteiger partial charge >= 0.3 is 12.1 Å². The highest BCUT2D eigenvalue weighted by molar-refractivity contribution is 5.89. The predicted octanol–water partition coefficient (Wildman–Crippen LogP) is 2.20. The van der Waals surface area contributed by atoms with Gasteiger partial charge in [-0.15, -0.1) is 0 Å². The average molecular weight is 232 g/mol. The van der Waals surface area contributed by atoms with Crippen LogP contribution in [0.25, 0.3) is 4.85 Å². The van der Waals surface area contributed by atoms with Crippen molar-refractivity contribution in [2.75, 3.05) is 6.61 Å². The smallest absolute Gasteiger partial charge is 0.392 e. The van der Waals surface area contributed by atoms with E-state index in [1.807, 2.05) is 0 Å². The Morgan fingerprint density at radius 3 is 2.50 bits per heavy atom. The molecule has 0 aromatic heterocycles. The first-order chi connectivity index (χ1) is 7.31. The van der Waals surface area contributed by atoms with E-state index in [1.54, 1.807) is 0 Å². The van der Waals surface area contributed by atoms with Gasteiger partial charge in [0.2, 0.25) is 0 Å². The van der Waals surface area contributed by atoms with Gasteiger partial charge in [0, 0.05) is 0 Å². The molecular weight excluding hydrogens is 225 g/mol. The Labute approximate surface area is 89.7 Å². The number of carbonyl (C=O) groups excluding carboxylic acids is 1. The predicted molar refractivity (Wildman–Crippen MR) is 46.5 cm³/mol. The van der Waals surface area contributed by atoms with Gasteiger partial charge in [-0.3, -0.25) is 0 Å². The molecule has 0 aliphatic rings. The number of alkyl halides is 3. The van der Waals surface area contributed by atoms with Crippen LogP contribution < -0.4 is 0 Å². The first kappa shape index (κ1) is 14.0. The van der Waals surface area contributed by atoms with Gasteiger partial charge in [-0.2, -0.15) is 13.2 Å². The lowest BCUT2D eigenvalue weighted by Gasteiger charge is -2.07. The van der Waals surface area contributed by atoms with Crippen LogP contribution in [0.2, 0.25) is 0 Å². The van der Waals surface area contributed by atoms with Crippen molar-refractivity contribution in [3.8, 4) is 6.07 Å². The Morgan fingerprint density at radius 2 is 2.12 bits per heavy atom. The molecule has 16 heavy (non-hydrogen) atoms. The van der Waals surface area contributed by atoms with Gasteiger partial charge in [-0.05, 0) is 6.92 Å². The van der Waals surface area contributed by atoms with E-state index in [-0.39, 0.29) is 5.57 Å². The minimum atomic E-state index is -4.41. The van der Waals surface area contributed by atoms with Gasteiger partial charge in [0.1, 0.15) is 6.61 Å². The maximum atomic E-state index is 11.7. The van der Waals surface area contributed by atoms with Crippen LogP contribution in [0.1, 0.15) is 13.3 Å². The second kappa shape index (κ2) is 5.76. The van der Waals surface area contributed by atoms with Crippen LogP contribution in [0.5, 0.6) is 0 Å². The van der Waals surface area contributed by atoms with Gasteiger partial charge in [-0.25, -0.2) is 14.9 Å². The quantitative estimate of drug-likeness (QED) is 0.324. The first-order valence-electron chi connectivity index (χ1n) is 4.04. The lowest BCUT2D eigenvalue weighted by Crippen LogP contribution is -2.15. The molecular formula is C9H7F3N2O2. The minimum Gasteiger partial charge on any atom is -0.463 e. The van der Waals surface area contributed by atoms with Crippen LogP contribution in [0.4, 0.5) is 13.2 Å². The number of allylic oxidation sites excluding steroid dienone is 1. The minimum absolute atomic E-state index is 0.292. The molecule has 0 N–H and O–H groups in total. The highest BCUT2D eigenvalue weighted by Crippen LogP contribution is 2.19. The molecule has 0 bridgehead atoms. The summed E-state index contributed by atoms with van der Waals surface area (Å²) in [7, 11) is 0. The number of carbonyl (C=O) groups is 1. The third kappa shape index (κ3) is 5.01. The van der Waals surface area contributed by atoms with Crippen molar-refractivity contribution in [2.45, 2.75) is 19.5 Å². The topological polar surface area (TPSA) is 54.5 Å². The monoisotopic (exact) mass is 232 g/mol. The SMILES string of the molecule is [C-]#[N+]/C(C#N)=C(\C)C(=O)OCCC(F)(F)F. The summed E-state index contributed by atoms with van der Waals surface area (Å²) in [4.78, 5) is 13.8. The molecule has 0 radical (unpaired) electrons. The summed E-state index contributed by atoms with van der Waals surface area (Å²) >= 11 is 0. The van der Waals surface area contributed by atoms with Gasteiger partial charge in [-0.1, -0.05) is 0 Å². The number of hydrogen-bond donors (Lipinski definition) is 0. The zero-order valence-corrected chi connectivity index (χ0v) is 8.26. The van der Waals surface area contributed by atoms with E-state index in [4.69, 9.17) is 11.8 Å². The van der Waals surface area contributed by atoms with Crippen LogP contribution in [-0.4, -0.2) is 18.8 Å². The van der Waals surface area contributed by atoms with Crippen molar-refractivity contribution in [3.63, 3.8) is 0 Å². The number of hydrogen-bond acceptors (Lipinski definition) is 3. The van der Waals surface area contributed by atoms with Crippen LogP contribution in [0.3, 0.4) is 0 Å². The van der Waals surface area contributed by atoms with E-state index in [9.17, 15) is 18.0 Å². The fourth-order valence-electron chi connectivity index (χ4n) is 0.657.